The molecule has 0 aromatic carbocycles. The lowest BCUT2D eigenvalue weighted by molar-refractivity contribution is 0.0600. The van der Waals surface area contributed by atoms with Gasteiger partial charge in [-0.25, -0.2) is 4.79 Å². The van der Waals surface area contributed by atoms with Crippen LogP contribution < -0.4 is 5.73 Å². The predicted molar refractivity (Wildman–Crippen MR) is 51.0 cm³/mol. The van der Waals surface area contributed by atoms with E-state index in [-0.39, 0.29) is 0 Å². The molecule has 0 aromatic rings. The Morgan fingerprint density at radius 1 is 1.25 bits per heavy atom. The smallest absolute Gasteiger partial charge is 0.405 e. The molecule has 0 atom stereocenters. The van der Waals surface area contributed by atoms with Gasteiger partial charge in [-0.05, 0) is 20.8 Å². The third-order valence-electron chi connectivity index (χ3n) is 0.907. The van der Waals surface area contributed by atoms with Crippen molar-refractivity contribution in [2.24, 2.45) is 5.73 Å². The van der Waals surface area contributed by atoms with Crippen LogP contribution in [0.2, 0.25) is 0 Å². The summed E-state index contributed by atoms with van der Waals surface area (Å²) in [5.41, 5.74) is 4.26. The fourth-order valence-electron chi connectivity index (χ4n) is 0.302. The first-order valence-electron chi connectivity index (χ1n) is 4.32. The second kappa shape index (κ2) is 6.95. The van der Waals surface area contributed by atoms with E-state index in [0.717, 1.165) is 0 Å². The van der Waals surface area contributed by atoms with Gasteiger partial charge in [0, 0.05) is 0 Å². The van der Waals surface area contributed by atoms with Crippen molar-refractivity contribution in [2.45, 2.75) is 53.1 Å². The maximum absolute atomic E-state index is 10.0. The third kappa shape index (κ3) is 22.8. The molecule has 0 aliphatic carbocycles. The van der Waals surface area contributed by atoms with E-state index in [2.05, 4.69) is 18.6 Å². The Hall–Kier alpha value is -0.730. The van der Waals surface area contributed by atoms with Crippen LogP contribution in [0.1, 0.15) is 47.5 Å². The molecule has 0 bridgehead atoms. The summed E-state index contributed by atoms with van der Waals surface area (Å²) in [6.45, 7) is 9.65. The number of carbonyl (C=O) groups excluding carboxylic acids is 1. The van der Waals surface area contributed by atoms with Crippen molar-refractivity contribution >= 4 is 6.09 Å². The lowest BCUT2D eigenvalue weighted by Gasteiger charge is -2.16. The van der Waals surface area contributed by atoms with Gasteiger partial charge in [-0.3, -0.25) is 0 Å². The largest absolute Gasteiger partial charge is 0.444 e. The lowest BCUT2D eigenvalue weighted by atomic mass is 10.2. The summed E-state index contributed by atoms with van der Waals surface area (Å²) in [6, 6.07) is 0. The van der Waals surface area contributed by atoms with Crippen molar-refractivity contribution in [2.75, 3.05) is 0 Å². The summed E-state index contributed by atoms with van der Waals surface area (Å²) in [7, 11) is 0. The van der Waals surface area contributed by atoms with Gasteiger partial charge in [0.25, 0.3) is 0 Å². The molecule has 0 saturated carbocycles. The molecule has 0 aromatic heterocycles. The fraction of sp³-hybridized carbons (Fsp3) is 0.889. The molecule has 0 aliphatic heterocycles. The Kier molecular flexibility index (Phi) is 8.01. The maximum Gasteiger partial charge on any atom is 0.405 e. The number of primary amides is 1. The zero-order valence-corrected chi connectivity index (χ0v) is 8.81. The minimum atomic E-state index is -0.725. The van der Waals surface area contributed by atoms with Crippen LogP contribution in [0.4, 0.5) is 4.79 Å². The quantitative estimate of drug-likeness (QED) is 0.666. The van der Waals surface area contributed by atoms with Crippen LogP contribution in [0, 0.1) is 0 Å². The van der Waals surface area contributed by atoms with Gasteiger partial charge >= 0.3 is 6.09 Å². The fourth-order valence-corrected chi connectivity index (χ4v) is 0.302. The van der Waals surface area contributed by atoms with Crippen molar-refractivity contribution < 1.29 is 9.53 Å². The third-order valence-corrected chi connectivity index (χ3v) is 0.907. The normalized spacial score (nSPS) is 9.75. The van der Waals surface area contributed by atoms with Gasteiger partial charge in [0.2, 0.25) is 0 Å². The van der Waals surface area contributed by atoms with Crippen LogP contribution in [-0.4, -0.2) is 11.7 Å². The van der Waals surface area contributed by atoms with Gasteiger partial charge in [0.1, 0.15) is 5.60 Å². The topological polar surface area (TPSA) is 52.3 Å². The molecule has 0 rings (SSSR count). The van der Waals surface area contributed by atoms with Gasteiger partial charge in [0.05, 0.1) is 0 Å². The first kappa shape index (κ1) is 13.8. The molecule has 2 N–H and O–H groups in total. The number of nitrogens with two attached hydrogens (primary N) is 1. The highest BCUT2D eigenvalue weighted by Crippen LogP contribution is 2.04. The number of hydrogen-bond donors (Lipinski definition) is 1. The number of rotatable bonds is 1. The lowest BCUT2D eigenvalue weighted by Crippen LogP contribution is -2.27. The highest BCUT2D eigenvalue weighted by molar-refractivity contribution is 5.65. The van der Waals surface area contributed by atoms with Crippen molar-refractivity contribution in [3.05, 3.63) is 0 Å². The molecule has 0 heterocycles. The number of amides is 1. The number of ether oxygens (including phenoxy) is 1. The molecule has 3 nitrogen and oxygen atoms in total. The van der Waals surface area contributed by atoms with Gasteiger partial charge in [0.15, 0.2) is 0 Å². The molecule has 12 heavy (non-hydrogen) atoms. The minimum absolute atomic E-state index is 0.453. The van der Waals surface area contributed by atoms with Gasteiger partial charge < -0.3 is 10.5 Å². The standard InChI is InChI=1S/C5H11NO2.C4H10/c1-5(2,3)8-4(6)7;1-3-4-2/h1-3H3,(H2,6,7);3-4H2,1-2H3. The van der Waals surface area contributed by atoms with E-state index in [4.69, 9.17) is 5.73 Å². The van der Waals surface area contributed by atoms with Gasteiger partial charge in [-0.1, -0.05) is 26.7 Å². The molecule has 0 aliphatic rings. The molecule has 74 valence electrons. The van der Waals surface area contributed by atoms with E-state index in [9.17, 15) is 4.79 Å². The van der Waals surface area contributed by atoms with E-state index >= 15 is 0 Å². The summed E-state index contributed by atoms with van der Waals surface area (Å²) in [4.78, 5) is 10.0. The monoisotopic (exact) mass is 175 g/mol. The summed E-state index contributed by atoms with van der Waals surface area (Å²) < 4.78 is 4.58. The van der Waals surface area contributed by atoms with E-state index in [1.165, 1.54) is 12.8 Å². The molecule has 0 spiro atoms. The molecule has 1 amide bonds. The Labute approximate surface area is 75.3 Å². The second-order valence-electron chi connectivity index (χ2n) is 3.53. The van der Waals surface area contributed by atoms with E-state index in [1.807, 2.05) is 0 Å². The molecule has 3 heteroatoms. The SMILES string of the molecule is CC(C)(C)OC(N)=O.CCCC. The first-order valence-corrected chi connectivity index (χ1v) is 4.32. The average Bonchev–Trinajstić information content (AvgIpc) is 1.83. The Balaban J connectivity index is 0. The van der Waals surface area contributed by atoms with Crippen molar-refractivity contribution in [3.8, 4) is 0 Å². The maximum atomic E-state index is 10.0. The zero-order valence-electron chi connectivity index (χ0n) is 8.81. The van der Waals surface area contributed by atoms with Crippen LogP contribution >= 0.6 is 0 Å². The second-order valence-corrected chi connectivity index (χ2v) is 3.53. The van der Waals surface area contributed by atoms with Gasteiger partial charge in [-0.2, -0.15) is 0 Å². The van der Waals surface area contributed by atoms with Crippen LogP contribution in [-0.2, 0) is 4.74 Å². The van der Waals surface area contributed by atoms with Crippen LogP contribution in [0.25, 0.3) is 0 Å². The molecule has 0 fully saturated rings. The Morgan fingerprint density at radius 2 is 1.58 bits per heavy atom. The molecule has 0 saturated heterocycles. The van der Waals surface area contributed by atoms with E-state index in [0.29, 0.717) is 0 Å². The Morgan fingerprint density at radius 3 is 1.58 bits per heavy atom. The van der Waals surface area contributed by atoms with E-state index in [1.54, 1.807) is 20.8 Å². The number of hydrogen-bond acceptors (Lipinski definition) is 2. The summed E-state index contributed by atoms with van der Waals surface area (Å²) >= 11 is 0. The summed E-state index contributed by atoms with van der Waals surface area (Å²) in [6.07, 6.45) is 1.91. The van der Waals surface area contributed by atoms with Crippen LogP contribution in [0.3, 0.4) is 0 Å². The molecular formula is C9H21NO2. The summed E-state index contributed by atoms with van der Waals surface area (Å²) in [5.74, 6) is 0. The molecular weight excluding hydrogens is 154 g/mol. The van der Waals surface area contributed by atoms with Crippen molar-refractivity contribution in [3.63, 3.8) is 0 Å². The van der Waals surface area contributed by atoms with E-state index < -0.39 is 11.7 Å². The van der Waals surface area contributed by atoms with Crippen molar-refractivity contribution in [1.82, 2.24) is 0 Å². The van der Waals surface area contributed by atoms with Crippen LogP contribution in [0.5, 0.6) is 0 Å². The first-order chi connectivity index (χ1) is 5.33. The highest BCUT2D eigenvalue weighted by Gasteiger charge is 2.12. The van der Waals surface area contributed by atoms with Crippen molar-refractivity contribution in [1.29, 1.82) is 0 Å². The number of unbranched alkanes of at least 4 members (excludes halogenated alkanes) is 1. The average molecular weight is 175 g/mol. The van der Waals surface area contributed by atoms with Crippen LogP contribution in [0.15, 0.2) is 0 Å². The minimum Gasteiger partial charge on any atom is -0.444 e. The van der Waals surface area contributed by atoms with Gasteiger partial charge in [-0.15, -0.1) is 0 Å². The Bertz CT molecular complexity index is 114. The zero-order chi connectivity index (χ0) is 10.2. The molecule has 0 radical (unpaired) electrons. The number of carbonyl (C=O) groups is 1. The summed E-state index contributed by atoms with van der Waals surface area (Å²) in [5, 5.41) is 0. The highest BCUT2D eigenvalue weighted by atomic mass is 16.6. The molecule has 0 unspecified atom stereocenters. The predicted octanol–water partition coefficient (Wildman–Crippen LogP) is 2.69.